The lowest BCUT2D eigenvalue weighted by Gasteiger charge is -2.16. The van der Waals surface area contributed by atoms with Crippen molar-refractivity contribution < 1.29 is 9.32 Å². The molecule has 0 spiro atoms. The molecule has 1 aromatic carbocycles. The number of benzene rings is 1. The first kappa shape index (κ1) is 18.8. The number of nitrogens with zero attached hydrogens (tertiary/aromatic N) is 6. The number of hydrogen-bond acceptors (Lipinski definition) is 6. The fourth-order valence-electron chi connectivity index (χ4n) is 3.20. The average Bonchev–Trinajstić information content (AvgIpc) is 3.42. The number of amides is 1. The molecular weight excluding hydrogens is 424 g/mol. The Morgan fingerprint density at radius 1 is 1.32 bits per heavy atom. The normalized spacial score (nSPS) is 16.9. The Bertz CT molecular complexity index is 965. The van der Waals surface area contributed by atoms with Crippen molar-refractivity contribution in [3.8, 4) is 11.6 Å². The van der Waals surface area contributed by atoms with Gasteiger partial charge in [0.15, 0.2) is 11.5 Å². The number of rotatable bonds is 5. The van der Waals surface area contributed by atoms with Crippen LogP contribution in [0.4, 0.5) is 0 Å². The molecule has 1 amide bonds. The SMILES string of the molecule is CC(C)c1noc(-c2cn([C@H]3CCN(C(=O)Cc4ccc(Br)cc4)C3)nn2)n1. The van der Waals surface area contributed by atoms with Crippen molar-refractivity contribution in [3.05, 3.63) is 46.3 Å². The Labute approximate surface area is 171 Å². The molecule has 3 heterocycles. The molecule has 0 bridgehead atoms. The molecule has 8 nitrogen and oxygen atoms in total. The second-order valence-corrected chi connectivity index (χ2v) is 8.20. The van der Waals surface area contributed by atoms with Crippen LogP contribution in [-0.2, 0) is 11.2 Å². The van der Waals surface area contributed by atoms with Crippen LogP contribution in [0.2, 0.25) is 0 Å². The van der Waals surface area contributed by atoms with Gasteiger partial charge in [0.2, 0.25) is 5.91 Å². The van der Waals surface area contributed by atoms with E-state index in [1.165, 1.54) is 0 Å². The standard InChI is InChI=1S/C19H21BrN6O2/c1-12(2)18-21-19(28-23-18)16-11-26(24-22-16)15-7-8-25(10-15)17(27)9-13-3-5-14(20)6-4-13/h3-6,11-12,15H,7-10H2,1-2H3/t15-/m0/s1. The highest BCUT2D eigenvalue weighted by Gasteiger charge is 2.28. The lowest BCUT2D eigenvalue weighted by atomic mass is 10.1. The van der Waals surface area contributed by atoms with Crippen LogP contribution in [0.3, 0.4) is 0 Å². The molecule has 1 aliphatic rings. The van der Waals surface area contributed by atoms with Gasteiger partial charge in [-0.2, -0.15) is 4.98 Å². The van der Waals surface area contributed by atoms with E-state index in [-0.39, 0.29) is 17.9 Å². The van der Waals surface area contributed by atoms with E-state index in [0.717, 1.165) is 16.5 Å². The number of hydrogen-bond donors (Lipinski definition) is 0. The van der Waals surface area contributed by atoms with Crippen LogP contribution in [0.5, 0.6) is 0 Å². The van der Waals surface area contributed by atoms with Crippen molar-refractivity contribution in [2.75, 3.05) is 13.1 Å². The van der Waals surface area contributed by atoms with Gasteiger partial charge in [-0.05, 0) is 24.1 Å². The predicted octanol–water partition coefficient (Wildman–Crippen LogP) is 3.23. The Morgan fingerprint density at radius 3 is 2.82 bits per heavy atom. The minimum atomic E-state index is 0.0996. The van der Waals surface area contributed by atoms with E-state index in [1.807, 2.05) is 49.2 Å². The molecule has 9 heteroatoms. The zero-order chi connectivity index (χ0) is 19.7. The lowest BCUT2D eigenvalue weighted by Crippen LogP contribution is -2.30. The summed E-state index contributed by atoms with van der Waals surface area (Å²) in [6.45, 7) is 5.35. The second kappa shape index (κ2) is 7.83. The molecule has 0 radical (unpaired) electrons. The molecule has 0 N–H and O–H groups in total. The maximum atomic E-state index is 12.6. The Morgan fingerprint density at radius 2 is 2.11 bits per heavy atom. The monoisotopic (exact) mass is 444 g/mol. The maximum absolute atomic E-state index is 12.6. The highest BCUT2D eigenvalue weighted by atomic mass is 79.9. The molecule has 0 saturated carbocycles. The third-order valence-electron chi connectivity index (χ3n) is 4.85. The third kappa shape index (κ3) is 3.99. The summed E-state index contributed by atoms with van der Waals surface area (Å²) in [6, 6.07) is 7.94. The van der Waals surface area contributed by atoms with Gasteiger partial charge in [0, 0.05) is 23.5 Å². The summed E-state index contributed by atoms with van der Waals surface area (Å²) in [5, 5.41) is 12.3. The molecular formula is C19H21BrN6O2. The predicted molar refractivity (Wildman–Crippen MR) is 105 cm³/mol. The first-order valence-electron chi connectivity index (χ1n) is 9.27. The van der Waals surface area contributed by atoms with Gasteiger partial charge in [-0.25, -0.2) is 4.68 Å². The molecule has 0 aliphatic carbocycles. The van der Waals surface area contributed by atoms with Crippen LogP contribution in [0, 0.1) is 0 Å². The Hall–Kier alpha value is -2.55. The van der Waals surface area contributed by atoms with E-state index < -0.39 is 0 Å². The van der Waals surface area contributed by atoms with Gasteiger partial charge in [-0.3, -0.25) is 4.79 Å². The first-order chi connectivity index (χ1) is 13.5. The van der Waals surface area contributed by atoms with Gasteiger partial charge in [0.1, 0.15) is 0 Å². The zero-order valence-corrected chi connectivity index (χ0v) is 17.3. The summed E-state index contributed by atoms with van der Waals surface area (Å²) in [7, 11) is 0. The summed E-state index contributed by atoms with van der Waals surface area (Å²) in [4.78, 5) is 18.8. The van der Waals surface area contributed by atoms with Crippen molar-refractivity contribution in [1.29, 1.82) is 0 Å². The van der Waals surface area contributed by atoms with Crippen molar-refractivity contribution in [3.63, 3.8) is 0 Å². The van der Waals surface area contributed by atoms with Crippen molar-refractivity contribution >= 4 is 21.8 Å². The van der Waals surface area contributed by atoms with Crippen molar-refractivity contribution in [1.82, 2.24) is 30.0 Å². The van der Waals surface area contributed by atoms with E-state index in [1.54, 1.807) is 4.68 Å². The van der Waals surface area contributed by atoms with Crippen molar-refractivity contribution in [2.24, 2.45) is 0 Å². The molecule has 2 aromatic heterocycles. The van der Waals surface area contributed by atoms with Crippen LogP contribution < -0.4 is 0 Å². The topological polar surface area (TPSA) is 89.9 Å². The number of carbonyl (C=O) groups is 1. The number of likely N-dealkylation sites (tertiary alicyclic amines) is 1. The molecule has 3 aromatic rings. The summed E-state index contributed by atoms with van der Waals surface area (Å²) >= 11 is 3.41. The van der Waals surface area contributed by atoms with Gasteiger partial charge in [0.05, 0.1) is 18.7 Å². The van der Waals surface area contributed by atoms with Crippen LogP contribution in [0.15, 0.2) is 39.5 Å². The number of aromatic nitrogens is 5. The highest BCUT2D eigenvalue weighted by molar-refractivity contribution is 9.10. The number of carbonyl (C=O) groups excluding carboxylic acids is 1. The lowest BCUT2D eigenvalue weighted by molar-refractivity contribution is -0.129. The van der Waals surface area contributed by atoms with Gasteiger partial charge in [0.25, 0.3) is 5.89 Å². The molecule has 1 atom stereocenters. The van der Waals surface area contributed by atoms with E-state index in [4.69, 9.17) is 4.52 Å². The average molecular weight is 445 g/mol. The first-order valence-corrected chi connectivity index (χ1v) is 10.1. The molecule has 4 rings (SSSR count). The van der Waals surface area contributed by atoms with Gasteiger partial charge < -0.3 is 9.42 Å². The van der Waals surface area contributed by atoms with Crippen molar-refractivity contribution in [2.45, 2.75) is 38.6 Å². The molecule has 1 aliphatic heterocycles. The highest BCUT2D eigenvalue weighted by Crippen LogP contribution is 2.24. The Kier molecular flexibility index (Phi) is 5.25. The third-order valence-corrected chi connectivity index (χ3v) is 5.38. The molecule has 0 unspecified atom stereocenters. The summed E-state index contributed by atoms with van der Waals surface area (Å²) < 4.78 is 8.08. The van der Waals surface area contributed by atoms with E-state index in [2.05, 4.69) is 36.4 Å². The quantitative estimate of drug-likeness (QED) is 0.599. The maximum Gasteiger partial charge on any atom is 0.280 e. The largest absolute Gasteiger partial charge is 0.340 e. The van der Waals surface area contributed by atoms with Gasteiger partial charge in [-0.1, -0.05) is 52.3 Å². The van der Waals surface area contributed by atoms with Gasteiger partial charge >= 0.3 is 0 Å². The second-order valence-electron chi connectivity index (χ2n) is 7.28. The van der Waals surface area contributed by atoms with Crippen LogP contribution in [-0.4, -0.2) is 49.0 Å². The van der Waals surface area contributed by atoms with Gasteiger partial charge in [-0.15, -0.1) is 5.10 Å². The Balaban J connectivity index is 1.39. The smallest absolute Gasteiger partial charge is 0.280 e. The van der Waals surface area contributed by atoms with E-state index in [0.29, 0.717) is 36.9 Å². The summed E-state index contributed by atoms with van der Waals surface area (Å²) in [5.41, 5.74) is 1.57. The fourth-order valence-corrected chi connectivity index (χ4v) is 3.46. The summed E-state index contributed by atoms with van der Waals surface area (Å²) in [5.74, 6) is 1.34. The van der Waals surface area contributed by atoms with Crippen LogP contribution in [0.25, 0.3) is 11.6 Å². The molecule has 1 saturated heterocycles. The van der Waals surface area contributed by atoms with E-state index >= 15 is 0 Å². The minimum absolute atomic E-state index is 0.0996. The molecule has 146 valence electrons. The molecule has 28 heavy (non-hydrogen) atoms. The van der Waals surface area contributed by atoms with E-state index in [9.17, 15) is 4.79 Å². The zero-order valence-electron chi connectivity index (χ0n) is 15.7. The fraction of sp³-hybridized carbons (Fsp3) is 0.421. The minimum Gasteiger partial charge on any atom is -0.340 e. The van der Waals surface area contributed by atoms with Crippen LogP contribution >= 0.6 is 15.9 Å². The molecule has 1 fully saturated rings. The number of halogens is 1. The van der Waals surface area contributed by atoms with Crippen LogP contribution in [0.1, 0.15) is 43.6 Å². The summed E-state index contributed by atoms with van der Waals surface area (Å²) in [6.07, 6.45) is 3.06.